The zero-order valence-corrected chi connectivity index (χ0v) is 20.0. The van der Waals surface area contributed by atoms with Crippen LogP contribution < -0.4 is 14.8 Å². The van der Waals surface area contributed by atoms with Gasteiger partial charge in [-0.15, -0.1) is 11.3 Å². The first-order valence-electron chi connectivity index (χ1n) is 10.6. The Morgan fingerprint density at radius 2 is 1.73 bits per heavy atom. The standard InChI is InChI=1S/C26H27NO5S/c1-5-17-7-11-19(12-8-17)20-16-33-25(24(20)26(29)32-6-2)27-23(28)14-10-18-9-13-21(30-3)22(15-18)31-4/h7-16H,5-6H2,1-4H3,(H,27,28)/b14-10+. The van der Waals surface area contributed by atoms with E-state index < -0.39 is 5.97 Å². The minimum Gasteiger partial charge on any atom is -0.493 e. The Bertz CT molecular complexity index is 1150. The molecule has 0 radical (unpaired) electrons. The second-order valence-corrected chi connectivity index (χ2v) is 7.94. The number of benzene rings is 2. The number of carbonyl (C=O) groups is 2. The van der Waals surface area contributed by atoms with Crippen LogP contribution in [0, 0.1) is 0 Å². The van der Waals surface area contributed by atoms with Crippen molar-refractivity contribution in [2.75, 3.05) is 26.1 Å². The molecule has 1 aromatic heterocycles. The summed E-state index contributed by atoms with van der Waals surface area (Å²) in [5, 5.41) is 5.13. The van der Waals surface area contributed by atoms with Gasteiger partial charge in [-0.3, -0.25) is 4.79 Å². The van der Waals surface area contributed by atoms with Gasteiger partial charge in [0.1, 0.15) is 10.6 Å². The van der Waals surface area contributed by atoms with Crippen molar-refractivity contribution in [2.24, 2.45) is 0 Å². The number of nitrogens with one attached hydrogen (secondary N) is 1. The number of hydrogen-bond donors (Lipinski definition) is 1. The number of rotatable bonds is 9. The third-order valence-corrected chi connectivity index (χ3v) is 5.91. The Morgan fingerprint density at radius 1 is 1.00 bits per heavy atom. The lowest BCUT2D eigenvalue weighted by Crippen LogP contribution is -2.12. The Hall–Kier alpha value is -3.58. The van der Waals surface area contributed by atoms with E-state index in [1.54, 1.807) is 39.4 Å². The number of carbonyl (C=O) groups excluding carboxylic acids is 2. The van der Waals surface area contributed by atoms with Gasteiger partial charge in [-0.25, -0.2) is 4.79 Å². The first-order chi connectivity index (χ1) is 16.0. The van der Waals surface area contributed by atoms with E-state index in [2.05, 4.69) is 12.2 Å². The van der Waals surface area contributed by atoms with Crippen molar-refractivity contribution in [1.29, 1.82) is 0 Å². The molecule has 172 valence electrons. The number of aryl methyl sites for hydroxylation is 1. The smallest absolute Gasteiger partial charge is 0.341 e. The summed E-state index contributed by atoms with van der Waals surface area (Å²) >= 11 is 1.29. The van der Waals surface area contributed by atoms with Crippen molar-refractivity contribution < 1.29 is 23.8 Å². The first-order valence-corrected chi connectivity index (χ1v) is 11.5. The molecule has 6 nitrogen and oxygen atoms in total. The summed E-state index contributed by atoms with van der Waals surface area (Å²) in [6, 6.07) is 13.4. The van der Waals surface area contributed by atoms with Gasteiger partial charge in [0, 0.05) is 17.0 Å². The summed E-state index contributed by atoms with van der Waals surface area (Å²) in [4.78, 5) is 25.4. The van der Waals surface area contributed by atoms with Crippen molar-refractivity contribution >= 4 is 34.3 Å². The number of amides is 1. The van der Waals surface area contributed by atoms with Gasteiger partial charge in [-0.1, -0.05) is 37.3 Å². The SMILES string of the molecule is CCOC(=O)c1c(-c2ccc(CC)cc2)csc1NC(=O)/C=C/c1ccc(OC)c(OC)c1. The van der Waals surface area contributed by atoms with Crippen LogP contribution in [-0.4, -0.2) is 32.7 Å². The van der Waals surface area contributed by atoms with Gasteiger partial charge in [0.25, 0.3) is 0 Å². The highest BCUT2D eigenvalue weighted by Gasteiger charge is 2.22. The predicted octanol–water partition coefficient (Wildman–Crippen LogP) is 5.82. The van der Waals surface area contributed by atoms with Gasteiger partial charge >= 0.3 is 5.97 Å². The average Bonchev–Trinajstić information content (AvgIpc) is 3.26. The fourth-order valence-corrected chi connectivity index (χ4v) is 4.23. The van der Waals surface area contributed by atoms with Gasteiger partial charge in [0.2, 0.25) is 5.91 Å². The number of hydrogen-bond acceptors (Lipinski definition) is 6. The summed E-state index contributed by atoms with van der Waals surface area (Å²) in [6.07, 6.45) is 4.01. The maximum atomic E-state index is 12.7. The molecule has 0 aliphatic rings. The Balaban J connectivity index is 1.85. The van der Waals surface area contributed by atoms with Gasteiger partial charge in [0.15, 0.2) is 11.5 Å². The van der Waals surface area contributed by atoms with Crippen LogP contribution in [0.4, 0.5) is 5.00 Å². The molecule has 0 spiro atoms. The van der Waals surface area contributed by atoms with Crippen molar-refractivity contribution in [3.05, 3.63) is 70.6 Å². The third-order valence-electron chi connectivity index (χ3n) is 5.02. The molecule has 0 unspecified atom stereocenters. The quantitative estimate of drug-likeness (QED) is 0.318. The second-order valence-electron chi connectivity index (χ2n) is 7.06. The van der Waals surface area contributed by atoms with E-state index in [4.69, 9.17) is 14.2 Å². The molecule has 2 aromatic carbocycles. The molecule has 0 atom stereocenters. The van der Waals surface area contributed by atoms with Crippen molar-refractivity contribution in [1.82, 2.24) is 0 Å². The molecule has 0 bridgehead atoms. The normalized spacial score (nSPS) is 10.8. The lowest BCUT2D eigenvalue weighted by atomic mass is 10.0. The summed E-state index contributed by atoms with van der Waals surface area (Å²) in [6.45, 7) is 4.09. The molecule has 0 saturated heterocycles. The number of thiophene rings is 1. The van der Waals surface area contributed by atoms with Crippen LogP contribution in [0.3, 0.4) is 0 Å². The topological polar surface area (TPSA) is 73.9 Å². The lowest BCUT2D eigenvalue weighted by Gasteiger charge is -2.09. The van der Waals surface area contributed by atoms with Crippen molar-refractivity contribution in [3.8, 4) is 22.6 Å². The Labute approximate surface area is 197 Å². The summed E-state index contributed by atoms with van der Waals surface area (Å²) < 4.78 is 15.8. The summed E-state index contributed by atoms with van der Waals surface area (Å²) in [5.74, 6) is 0.357. The van der Waals surface area contributed by atoms with E-state index in [0.717, 1.165) is 23.1 Å². The largest absolute Gasteiger partial charge is 0.493 e. The number of ether oxygens (including phenoxy) is 3. The third kappa shape index (κ3) is 5.81. The van der Waals surface area contributed by atoms with E-state index >= 15 is 0 Å². The van der Waals surface area contributed by atoms with Crippen LogP contribution in [-0.2, 0) is 16.0 Å². The van der Waals surface area contributed by atoms with Gasteiger partial charge in [-0.05, 0) is 48.2 Å². The van der Waals surface area contributed by atoms with Crippen LogP contribution in [0.15, 0.2) is 53.9 Å². The van der Waals surface area contributed by atoms with Crippen LogP contribution in [0.5, 0.6) is 11.5 Å². The van der Waals surface area contributed by atoms with E-state index in [0.29, 0.717) is 22.1 Å². The molecule has 1 amide bonds. The van der Waals surface area contributed by atoms with Crippen LogP contribution >= 0.6 is 11.3 Å². The van der Waals surface area contributed by atoms with Crippen molar-refractivity contribution in [3.63, 3.8) is 0 Å². The maximum Gasteiger partial charge on any atom is 0.341 e. The van der Waals surface area contributed by atoms with E-state index in [1.165, 1.54) is 23.0 Å². The van der Waals surface area contributed by atoms with E-state index in [9.17, 15) is 9.59 Å². The van der Waals surface area contributed by atoms with Crippen LogP contribution in [0.1, 0.15) is 35.3 Å². The molecule has 3 rings (SSSR count). The number of esters is 1. The average molecular weight is 466 g/mol. The molecule has 0 fully saturated rings. The van der Waals surface area contributed by atoms with Gasteiger partial charge < -0.3 is 19.5 Å². The maximum absolute atomic E-state index is 12.7. The molecular formula is C26H27NO5S. The minimum absolute atomic E-state index is 0.246. The molecule has 0 saturated carbocycles. The molecule has 0 aliphatic heterocycles. The molecule has 1 N–H and O–H groups in total. The van der Waals surface area contributed by atoms with Gasteiger partial charge in [-0.2, -0.15) is 0 Å². The number of anilines is 1. The summed E-state index contributed by atoms with van der Waals surface area (Å²) in [7, 11) is 3.12. The van der Waals surface area contributed by atoms with Crippen molar-refractivity contribution in [2.45, 2.75) is 20.3 Å². The van der Waals surface area contributed by atoms with E-state index in [-0.39, 0.29) is 12.5 Å². The predicted molar refractivity (Wildman–Crippen MR) is 132 cm³/mol. The summed E-state index contributed by atoms with van der Waals surface area (Å²) in [5.41, 5.74) is 3.98. The highest BCUT2D eigenvalue weighted by Crippen LogP contribution is 2.36. The lowest BCUT2D eigenvalue weighted by molar-refractivity contribution is -0.111. The van der Waals surface area contributed by atoms with Gasteiger partial charge in [0.05, 0.1) is 20.8 Å². The fourth-order valence-electron chi connectivity index (χ4n) is 3.27. The fraction of sp³-hybridized carbons (Fsp3) is 0.231. The minimum atomic E-state index is -0.465. The Morgan fingerprint density at radius 3 is 2.36 bits per heavy atom. The van der Waals surface area contributed by atoms with Crippen LogP contribution in [0.2, 0.25) is 0 Å². The van der Waals surface area contributed by atoms with E-state index in [1.807, 2.05) is 35.7 Å². The molecule has 33 heavy (non-hydrogen) atoms. The second kappa shape index (κ2) is 11.3. The zero-order valence-electron chi connectivity index (χ0n) is 19.1. The molecule has 0 aliphatic carbocycles. The molecular weight excluding hydrogens is 438 g/mol. The first kappa shape index (κ1) is 24.1. The Kier molecular flexibility index (Phi) is 8.27. The highest BCUT2D eigenvalue weighted by atomic mass is 32.1. The zero-order chi connectivity index (χ0) is 23.8. The molecule has 1 heterocycles. The van der Waals surface area contributed by atoms with Crippen LogP contribution in [0.25, 0.3) is 17.2 Å². The monoisotopic (exact) mass is 465 g/mol. The number of methoxy groups -OCH3 is 2. The highest BCUT2D eigenvalue weighted by molar-refractivity contribution is 7.15. The molecule has 3 aromatic rings. The molecule has 7 heteroatoms.